The molecular formula is C49H77N7O13. The number of aliphatic hydroxyl groups excluding tert-OH is 5. The number of para-hydroxylation sites is 1. The molecule has 1 saturated heterocycles. The third kappa shape index (κ3) is 14.5. The molecule has 0 spiro atoms. The number of esters is 1. The van der Waals surface area contributed by atoms with Gasteiger partial charge in [-0.3, -0.25) is 14.3 Å². The summed E-state index contributed by atoms with van der Waals surface area (Å²) in [6.45, 7) is 12.8. The summed E-state index contributed by atoms with van der Waals surface area (Å²) in [5.74, 6) is -3.13. The highest BCUT2D eigenvalue weighted by Gasteiger charge is 2.46. The number of allylic oxidation sites excluding steroid dienone is 3. The van der Waals surface area contributed by atoms with Crippen molar-refractivity contribution in [3.05, 3.63) is 60.0 Å². The van der Waals surface area contributed by atoms with E-state index in [1.54, 1.807) is 55.2 Å². The molecule has 3 aromatic rings. The fourth-order valence-electron chi connectivity index (χ4n) is 9.51. The second-order valence-electron chi connectivity index (χ2n) is 19.2. The molecule has 2 aliphatic heterocycles. The Morgan fingerprint density at radius 3 is 2.32 bits per heavy atom. The quantitative estimate of drug-likeness (QED) is 0.115. The minimum Gasteiger partial charge on any atom is -0.462 e. The number of carbonyl (C=O) groups excluding carboxylic acids is 2. The maximum absolute atomic E-state index is 14.1. The average molecular weight is 972 g/mol. The highest BCUT2D eigenvalue weighted by molar-refractivity contribution is 5.91. The summed E-state index contributed by atoms with van der Waals surface area (Å²) in [6.07, 6.45) is -4.13. The number of rotatable bonds is 18. The third-order valence-electron chi connectivity index (χ3n) is 13.7. The first kappa shape index (κ1) is 55.9. The Hall–Kier alpha value is -4.06. The maximum atomic E-state index is 14.1. The van der Waals surface area contributed by atoms with Gasteiger partial charge in [0, 0.05) is 38.5 Å². The molecule has 20 nitrogen and oxygen atoms in total. The fourth-order valence-corrected chi connectivity index (χ4v) is 9.51. The number of cyclic esters (lactones) is 1. The van der Waals surface area contributed by atoms with E-state index in [0.29, 0.717) is 37.2 Å². The monoisotopic (exact) mass is 972 g/mol. The molecule has 17 atom stereocenters. The molecule has 20 heteroatoms. The van der Waals surface area contributed by atoms with Gasteiger partial charge in [-0.1, -0.05) is 61.1 Å². The zero-order valence-corrected chi connectivity index (χ0v) is 42.0. The highest BCUT2D eigenvalue weighted by Crippen LogP contribution is 2.34. The molecule has 4 unspecified atom stereocenters. The van der Waals surface area contributed by atoms with Crippen LogP contribution in [0.15, 0.2) is 54.3 Å². The lowest BCUT2D eigenvalue weighted by Crippen LogP contribution is -2.59. The number of hydrogen-bond donors (Lipinski definition) is 5. The number of likely N-dealkylation sites (N-methyl/N-ethyl adjacent to an activating group) is 1. The van der Waals surface area contributed by atoms with Crippen molar-refractivity contribution in [3.63, 3.8) is 0 Å². The van der Waals surface area contributed by atoms with E-state index < -0.39 is 116 Å². The van der Waals surface area contributed by atoms with Crippen LogP contribution in [0.4, 0.5) is 0 Å². The Morgan fingerprint density at radius 1 is 0.942 bits per heavy atom. The highest BCUT2D eigenvalue weighted by atomic mass is 16.7. The van der Waals surface area contributed by atoms with Gasteiger partial charge in [0.05, 0.1) is 80.1 Å². The molecule has 5 rings (SSSR count). The van der Waals surface area contributed by atoms with E-state index in [4.69, 9.17) is 28.4 Å². The number of aromatic nitrogens is 6. The molecule has 5 N–H and O–H groups in total. The molecule has 2 aliphatic rings. The van der Waals surface area contributed by atoms with Gasteiger partial charge in [0.25, 0.3) is 0 Å². The maximum Gasteiger partial charge on any atom is 0.308 e. The van der Waals surface area contributed by atoms with Gasteiger partial charge in [-0.2, -0.15) is 0 Å². The SMILES string of the molecule is CC[C@H]1OC(=O)C[C@@H](O)[C@H](C)[C@@H](O[C@H](C)C(O)C([C@H](O)[C@@H](C)O)N(C)C)[C@@H](CCn2cc(Cn3nnc4ccccc43)nn2)C[C@@H](C)C(=O)/C=C/C(C)=C/[C@@H]1CO[C@@H]1OC(C)[C@@H](O)[C@H](OC)C1OC. The second-order valence-corrected chi connectivity index (χ2v) is 19.2. The molecule has 4 heterocycles. The second kappa shape index (κ2) is 25.9. The van der Waals surface area contributed by atoms with Crippen molar-refractivity contribution in [1.29, 1.82) is 0 Å². The number of ketones is 1. The van der Waals surface area contributed by atoms with Crippen LogP contribution in [-0.2, 0) is 51.1 Å². The molecule has 0 radical (unpaired) electrons. The van der Waals surface area contributed by atoms with Crippen molar-refractivity contribution < 1.29 is 63.5 Å². The average Bonchev–Trinajstić information content (AvgIpc) is 3.95. The number of aryl methyl sites for hydroxylation is 1. The number of aliphatic hydroxyl groups is 5. The summed E-state index contributed by atoms with van der Waals surface area (Å²) < 4.78 is 39.9. The summed E-state index contributed by atoms with van der Waals surface area (Å²) in [4.78, 5) is 29.6. The number of nitrogens with zero attached hydrogens (tertiary/aromatic N) is 7. The van der Waals surface area contributed by atoms with Crippen molar-refractivity contribution in [1.82, 2.24) is 34.9 Å². The smallest absolute Gasteiger partial charge is 0.308 e. The lowest BCUT2D eigenvalue weighted by molar-refractivity contribution is -0.304. The first-order valence-corrected chi connectivity index (χ1v) is 24.1. The van der Waals surface area contributed by atoms with Gasteiger partial charge in [-0.25, -0.2) is 4.68 Å². The van der Waals surface area contributed by atoms with Crippen LogP contribution < -0.4 is 0 Å². The van der Waals surface area contributed by atoms with E-state index in [1.807, 2.05) is 57.3 Å². The molecule has 69 heavy (non-hydrogen) atoms. The van der Waals surface area contributed by atoms with Crippen LogP contribution in [-0.4, -0.2) is 187 Å². The van der Waals surface area contributed by atoms with Crippen LogP contribution in [0.3, 0.4) is 0 Å². The molecule has 0 amide bonds. The number of benzene rings is 1. The number of fused-ring (bicyclic) bond motifs is 1. The molecular weight excluding hydrogens is 895 g/mol. The number of methoxy groups -OCH3 is 2. The summed E-state index contributed by atoms with van der Waals surface area (Å²) in [6, 6.07) is 6.67. The van der Waals surface area contributed by atoms with Gasteiger partial charge in [0.1, 0.15) is 35.6 Å². The van der Waals surface area contributed by atoms with Crippen LogP contribution in [0.2, 0.25) is 0 Å². The minimum absolute atomic E-state index is 0.00415. The van der Waals surface area contributed by atoms with Crippen LogP contribution in [0.1, 0.15) is 79.8 Å². The Balaban J connectivity index is 1.46. The van der Waals surface area contributed by atoms with Gasteiger partial charge < -0.3 is 58.9 Å². The van der Waals surface area contributed by atoms with E-state index in [2.05, 4.69) is 20.6 Å². The normalized spacial score (nSPS) is 32.5. The van der Waals surface area contributed by atoms with E-state index in [9.17, 15) is 35.1 Å². The van der Waals surface area contributed by atoms with Gasteiger partial charge in [-0.15, -0.1) is 10.2 Å². The van der Waals surface area contributed by atoms with Crippen molar-refractivity contribution in [2.45, 2.75) is 167 Å². The van der Waals surface area contributed by atoms with E-state index in [-0.39, 0.29) is 18.8 Å². The van der Waals surface area contributed by atoms with Crippen molar-refractivity contribution >= 4 is 22.8 Å². The lowest BCUT2D eigenvalue weighted by atomic mass is 9.79. The fraction of sp³-hybridized carbons (Fsp3) is 0.714. The van der Waals surface area contributed by atoms with Gasteiger partial charge in [0.2, 0.25) is 0 Å². The topological polar surface area (TPSA) is 255 Å². The van der Waals surface area contributed by atoms with Crippen molar-refractivity contribution in [3.8, 4) is 0 Å². The summed E-state index contributed by atoms with van der Waals surface area (Å²) in [7, 11) is 6.30. The summed E-state index contributed by atoms with van der Waals surface area (Å²) >= 11 is 0. The predicted octanol–water partition coefficient (Wildman–Crippen LogP) is 2.47. The third-order valence-corrected chi connectivity index (χ3v) is 13.7. The molecule has 2 aromatic heterocycles. The zero-order valence-electron chi connectivity index (χ0n) is 42.0. The van der Waals surface area contributed by atoms with Crippen molar-refractivity contribution in [2.24, 2.45) is 23.7 Å². The van der Waals surface area contributed by atoms with Gasteiger partial charge in [-0.05, 0) is 85.2 Å². The molecule has 0 aliphatic carbocycles. The molecule has 1 fully saturated rings. The Morgan fingerprint density at radius 2 is 1.65 bits per heavy atom. The van der Waals surface area contributed by atoms with E-state index >= 15 is 0 Å². The first-order valence-electron chi connectivity index (χ1n) is 24.1. The standard InChI is InChI=1S/C49H77N7O13/c1-12-40-34(26-66-49-48(65-11)47(64-10)45(63)32(7)68-49)21-27(2)17-18-38(58)28(3)22-33(19-20-55-24-35(50-52-55)25-56-37-16-14-13-15-36(37)51-53-56)46(29(4)39(59)23-41(60)69-40)67-31(6)44(62)42(54(8)9)43(61)30(5)57/h13-18,21,24,28-34,39-40,42-49,57,59,61-63H,12,19-20,22-23,25-26H2,1-11H3/b18-17+,27-21+/t28-,29+,30-,31-,32?,33+,34-,39-,40-,42?,43-,44?,45-,46-,47+,48?,49-/m1/s1. The van der Waals surface area contributed by atoms with E-state index in [0.717, 1.165) is 11.0 Å². The summed E-state index contributed by atoms with van der Waals surface area (Å²) in [5.41, 5.74) is 2.96. The molecule has 386 valence electrons. The van der Waals surface area contributed by atoms with Gasteiger partial charge >= 0.3 is 5.97 Å². The molecule has 1 aromatic carbocycles. The Kier molecular flexibility index (Phi) is 20.9. The van der Waals surface area contributed by atoms with Crippen LogP contribution in [0, 0.1) is 23.7 Å². The Bertz CT molecular complexity index is 2130. The van der Waals surface area contributed by atoms with E-state index in [1.165, 1.54) is 27.2 Å². The number of ether oxygens (including phenoxy) is 6. The molecule has 0 bridgehead atoms. The Labute approximate surface area is 405 Å². The lowest BCUT2D eigenvalue weighted by Gasteiger charge is -2.42. The minimum atomic E-state index is -1.33. The largest absolute Gasteiger partial charge is 0.462 e. The van der Waals surface area contributed by atoms with Gasteiger partial charge in [0.15, 0.2) is 12.1 Å². The molecule has 0 saturated carbocycles. The van der Waals surface area contributed by atoms with Crippen LogP contribution in [0.25, 0.3) is 11.0 Å². The first-order chi connectivity index (χ1) is 32.8. The van der Waals surface area contributed by atoms with Crippen LogP contribution >= 0.6 is 0 Å². The number of hydrogen-bond acceptors (Lipinski definition) is 18. The van der Waals surface area contributed by atoms with Crippen molar-refractivity contribution in [2.75, 3.05) is 34.9 Å². The number of carbonyl (C=O) groups is 2. The van der Waals surface area contributed by atoms with Crippen LogP contribution in [0.5, 0.6) is 0 Å². The predicted molar refractivity (Wildman–Crippen MR) is 253 cm³/mol. The zero-order chi connectivity index (χ0) is 50.7. The summed E-state index contributed by atoms with van der Waals surface area (Å²) in [5, 5.41) is 73.2.